The summed E-state index contributed by atoms with van der Waals surface area (Å²) in [7, 11) is 3.78. The summed E-state index contributed by atoms with van der Waals surface area (Å²) < 4.78 is 14.8. The van der Waals surface area contributed by atoms with E-state index in [1.165, 1.54) is 23.1 Å². The molecular formula is C25H21FN2O3. The molecule has 0 radical (unpaired) electrons. The van der Waals surface area contributed by atoms with Gasteiger partial charge in [0.15, 0.2) is 0 Å². The first-order valence-electron chi connectivity index (χ1n) is 9.78. The van der Waals surface area contributed by atoms with Crippen LogP contribution >= 0.6 is 0 Å². The summed E-state index contributed by atoms with van der Waals surface area (Å²) in [6.45, 7) is 0. The van der Waals surface area contributed by atoms with Gasteiger partial charge in [0.05, 0.1) is 11.6 Å². The van der Waals surface area contributed by atoms with Crippen LogP contribution in [-0.4, -0.2) is 30.9 Å². The van der Waals surface area contributed by atoms with Gasteiger partial charge >= 0.3 is 0 Å². The number of hydrogen-bond donors (Lipinski definition) is 1. The minimum Gasteiger partial charge on any atom is -0.507 e. The molecule has 4 rings (SSSR count). The Labute approximate surface area is 179 Å². The van der Waals surface area contributed by atoms with E-state index in [2.05, 4.69) is 0 Å². The lowest BCUT2D eigenvalue weighted by Gasteiger charge is -2.26. The average molecular weight is 416 g/mol. The zero-order chi connectivity index (χ0) is 22.1. The maximum absolute atomic E-state index is 14.8. The standard InChI is InChI=1S/C25H21FN2O3/c1-27(2)17-12-14-18(15-13-17)28-22(19-10-6-7-11-20(19)26)21(24(30)25(28)31)23(29)16-8-4-3-5-9-16/h3-15,22,29H,1-2H3/t22-/m1/s1. The van der Waals surface area contributed by atoms with Gasteiger partial charge in [0, 0.05) is 36.6 Å². The van der Waals surface area contributed by atoms with Crippen LogP contribution in [0.2, 0.25) is 0 Å². The number of rotatable bonds is 4. The van der Waals surface area contributed by atoms with Gasteiger partial charge in [-0.15, -0.1) is 0 Å². The predicted octanol–water partition coefficient (Wildman–Crippen LogP) is 4.52. The Morgan fingerprint density at radius 3 is 2.13 bits per heavy atom. The van der Waals surface area contributed by atoms with Crippen molar-refractivity contribution in [1.82, 2.24) is 0 Å². The first-order valence-corrected chi connectivity index (χ1v) is 9.78. The molecule has 6 heteroatoms. The van der Waals surface area contributed by atoms with Gasteiger partial charge in [0.25, 0.3) is 11.7 Å². The highest BCUT2D eigenvalue weighted by Gasteiger charge is 2.47. The van der Waals surface area contributed by atoms with E-state index in [-0.39, 0.29) is 16.9 Å². The zero-order valence-corrected chi connectivity index (χ0v) is 17.1. The van der Waals surface area contributed by atoms with Crippen molar-refractivity contribution in [2.75, 3.05) is 23.9 Å². The normalized spacial score (nSPS) is 17.8. The number of benzene rings is 3. The van der Waals surface area contributed by atoms with E-state index < -0.39 is 23.5 Å². The summed E-state index contributed by atoms with van der Waals surface area (Å²) in [5.41, 5.74) is 1.72. The van der Waals surface area contributed by atoms with Crippen LogP contribution in [0.3, 0.4) is 0 Å². The van der Waals surface area contributed by atoms with Crippen LogP contribution in [0.25, 0.3) is 5.76 Å². The second-order valence-electron chi connectivity index (χ2n) is 7.47. The van der Waals surface area contributed by atoms with E-state index >= 15 is 0 Å². The summed E-state index contributed by atoms with van der Waals surface area (Å²) in [5, 5.41) is 11.0. The van der Waals surface area contributed by atoms with Gasteiger partial charge in [0.1, 0.15) is 11.6 Å². The number of halogens is 1. The van der Waals surface area contributed by atoms with Gasteiger partial charge in [-0.25, -0.2) is 4.39 Å². The molecule has 1 fully saturated rings. The van der Waals surface area contributed by atoms with Gasteiger partial charge in [-0.1, -0.05) is 48.5 Å². The van der Waals surface area contributed by atoms with Crippen molar-refractivity contribution in [3.8, 4) is 0 Å². The fourth-order valence-corrected chi connectivity index (χ4v) is 3.75. The largest absolute Gasteiger partial charge is 0.507 e. The lowest BCUT2D eigenvalue weighted by Crippen LogP contribution is -2.29. The highest BCUT2D eigenvalue weighted by Crippen LogP contribution is 2.43. The van der Waals surface area contributed by atoms with Gasteiger partial charge in [-0.05, 0) is 30.3 Å². The third kappa shape index (κ3) is 3.57. The van der Waals surface area contributed by atoms with E-state index in [4.69, 9.17) is 0 Å². The second kappa shape index (κ2) is 8.07. The maximum atomic E-state index is 14.8. The Bertz CT molecular complexity index is 1170. The van der Waals surface area contributed by atoms with Crippen LogP contribution in [-0.2, 0) is 9.59 Å². The van der Waals surface area contributed by atoms with Crippen LogP contribution in [0.1, 0.15) is 17.2 Å². The van der Waals surface area contributed by atoms with Gasteiger partial charge < -0.3 is 10.0 Å². The Kier molecular flexibility index (Phi) is 5.29. The lowest BCUT2D eigenvalue weighted by molar-refractivity contribution is -0.132. The number of amides is 1. The van der Waals surface area contributed by atoms with Crippen LogP contribution < -0.4 is 9.80 Å². The number of aliphatic hydroxyl groups is 1. The highest BCUT2D eigenvalue weighted by molar-refractivity contribution is 6.51. The topological polar surface area (TPSA) is 60.9 Å². The van der Waals surface area contributed by atoms with Crippen LogP contribution in [0.5, 0.6) is 0 Å². The molecule has 1 heterocycles. The van der Waals surface area contributed by atoms with Crippen LogP contribution in [0, 0.1) is 5.82 Å². The molecule has 156 valence electrons. The fraction of sp³-hybridized carbons (Fsp3) is 0.120. The first kappa shape index (κ1) is 20.3. The Morgan fingerprint density at radius 2 is 1.52 bits per heavy atom. The molecule has 0 aromatic heterocycles. The molecule has 1 saturated heterocycles. The quantitative estimate of drug-likeness (QED) is 0.386. The van der Waals surface area contributed by atoms with Crippen molar-refractivity contribution in [2.45, 2.75) is 6.04 Å². The number of Topliss-reactive ketones (excluding diaryl/α,β-unsaturated/α-hetero) is 1. The monoisotopic (exact) mass is 416 g/mol. The molecule has 5 nitrogen and oxygen atoms in total. The van der Waals surface area contributed by atoms with E-state index in [1.54, 1.807) is 48.5 Å². The van der Waals surface area contributed by atoms with Gasteiger partial charge in [-0.3, -0.25) is 14.5 Å². The minimum atomic E-state index is -1.09. The molecule has 1 aliphatic heterocycles. The average Bonchev–Trinajstić information content (AvgIpc) is 3.04. The number of nitrogens with zero attached hydrogens (tertiary/aromatic N) is 2. The molecule has 0 unspecified atom stereocenters. The number of aliphatic hydroxyl groups excluding tert-OH is 1. The number of anilines is 2. The smallest absolute Gasteiger partial charge is 0.300 e. The van der Waals surface area contributed by atoms with Crippen molar-refractivity contribution in [1.29, 1.82) is 0 Å². The molecule has 0 aliphatic carbocycles. The highest BCUT2D eigenvalue weighted by atomic mass is 19.1. The molecular weight excluding hydrogens is 395 g/mol. The molecule has 3 aromatic carbocycles. The maximum Gasteiger partial charge on any atom is 0.300 e. The first-order chi connectivity index (χ1) is 14.9. The molecule has 0 spiro atoms. The van der Waals surface area contributed by atoms with Crippen LogP contribution in [0.15, 0.2) is 84.4 Å². The predicted molar refractivity (Wildman–Crippen MR) is 118 cm³/mol. The second-order valence-corrected chi connectivity index (χ2v) is 7.47. The number of ketones is 1. The lowest BCUT2D eigenvalue weighted by atomic mass is 9.94. The third-order valence-corrected chi connectivity index (χ3v) is 5.34. The summed E-state index contributed by atoms with van der Waals surface area (Å²) in [5.74, 6) is -2.57. The summed E-state index contributed by atoms with van der Waals surface area (Å²) in [6.07, 6.45) is 0. The molecule has 1 amide bonds. The Morgan fingerprint density at radius 1 is 0.903 bits per heavy atom. The fourth-order valence-electron chi connectivity index (χ4n) is 3.75. The van der Waals surface area contributed by atoms with Gasteiger partial charge in [-0.2, -0.15) is 0 Å². The van der Waals surface area contributed by atoms with E-state index in [0.29, 0.717) is 11.3 Å². The molecule has 0 bridgehead atoms. The van der Waals surface area contributed by atoms with Crippen LogP contribution in [0.4, 0.5) is 15.8 Å². The van der Waals surface area contributed by atoms with Gasteiger partial charge in [0.2, 0.25) is 0 Å². The minimum absolute atomic E-state index is 0.135. The molecule has 31 heavy (non-hydrogen) atoms. The number of hydrogen-bond acceptors (Lipinski definition) is 4. The molecule has 1 aliphatic rings. The van der Waals surface area contributed by atoms with E-state index in [9.17, 15) is 19.1 Å². The van der Waals surface area contributed by atoms with Crippen molar-refractivity contribution >= 4 is 28.8 Å². The Balaban J connectivity index is 1.93. The van der Waals surface area contributed by atoms with E-state index in [1.807, 2.05) is 31.1 Å². The number of carbonyl (C=O) groups excluding carboxylic acids is 2. The SMILES string of the molecule is CN(C)c1ccc(N2C(=O)C(=O)C(=C(O)c3ccccc3)[C@H]2c2ccccc2F)cc1. The van der Waals surface area contributed by atoms with Crippen molar-refractivity contribution in [3.05, 3.63) is 101 Å². The third-order valence-electron chi connectivity index (χ3n) is 5.34. The van der Waals surface area contributed by atoms with Crippen molar-refractivity contribution in [3.63, 3.8) is 0 Å². The Hall–Kier alpha value is -3.93. The molecule has 3 aromatic rings. The molecule has 1 N–H and O–H groups in total. The molecule has 0 saturated carbocycles. The zero-order valence-electron chi connectivity index (χ0n) is 17.1. The molecule has 1 atom stereocenters. The van der Waals surface area contributed by atoms with E-state index in [0.717, 1.165) is 5.69 Å². The van der Waals surface area contributed by atoms with Crippen molar-refractivity contribution < 1.29 is 19.1 Å². The summed E-state index contributed by atoms with van der Waals surface area (Å²) in [6, 6.07) is 20.4. The summed E-state index contributed by atoms with van der Waals surface area (Å²) in [4.78, 5) is 29.2. The summed E-state index contributed by atoms with van der Waals surface area (Å²) >= 11 is 0. The number of carbonyl (C=O) groups is 2. The van der Waals surface area contributed by atoms with Crippen molar-refractivity contribution in [2.24, 2.45) is 0 Å².